The molecule has 0 spiro atoms. The molecule has 9 heteroatoms. The number of fused-ring (bicyclic) bond motifs is 2. The van der Waals surface area contributed by atoms with Crippen LogP contribution in [0.2, 0.25) is 5.02 Å². The number of hydrogen-bond acceptors (Lipinski definition) is 3. The molecule has 1 aromatic carbocycles. The van der Waals surface area contributed by atoms with Crippen molar-refractivity contribution in [3.8, 4) is 0 Å². The Bertz CT molecular complexity index is 1110. The van der Waals surface area contributed by atoms with Crippen molar-refractivity contribution in [1.82, 2.24) is 25.0 Å². The van der Waals surface area contributed by atoms with Crippen molar-refractivity contribution in [2.45, 2.75) is 31.8 Å². The number of amides is 2. The summed E-state index contributed by atoms with van der Waals surface area (Å²) in [5.41, 5.74) is 3.01. The second-order valence-electron chi connectivity index (χ2n) is 7.68. The van der Waals surface area contributed by atoms with E-state index in [4.69, 9.17) is 11.6 Å². The number of carbonyl (C=O) groups is 2. The highest BCUT2D eigenvalue weighted by Crippen LogP contribution is 2.29. The third-order valence-electron chi connectivity index (χ3n) is 5.73. The summed E-state index contributed by atoms with van der Waals surface area (Å²) >= 11 is 5.83. The Balaban J connectivity index is 1.41. The van der Waals surface area contributed by atoms with E-state index in [0.717, 1.165) is 24.1 Å². The molecule has 1 aliphatic carbocycles. The smallest absolute Gasteiger partial charge is 0.272 e. The van der Waals surface area contributed by atoms with Gasteiger partial charge in [0.05, 0.1) is 17.3 Å². The van der Waals surface area contributed by atoms with Crippen molar-refractivity contribution in [2.75, 3.05) is 13.6 Å². The van der Waals surface area contributed by atoms with Crippen molar-refractivity contribution < 1.29 is 14.0 Å². The molecule has 1 aliphatic heterocycles. The van der Waals surface area contributed by atoms with Crippen LogP contribution in [0.1, 0.15) is 45.1 Å². The molecule has 0 unspecified atom stereocenters. The molecule has 2 N–H and O–H groups in total. The molecular formula is C20H19ClFN5O2. The van der Waals surface area contributed by atoms with Gasteiger partial charge in [-0.1, -0.05) is 11.6 Å². The van der Waals surface area contributed by atoms with Gasteiger partial charge in [-0.3, -0.25) is 14.7 Å². The molecule has 0 bridgehead atoms. The first-order valence-electron chi connectivity index (χ1n) is 9.52. The molecule has 2 aromatic heterocycles. The number of rotatable bonds is 3. The molecule has 2 aliphatic rings. The van der Waals surface area contributed by atoms with Crippen LogP contribution in [0.3, 0.4) is 0 Å². The fraction of sp³-hybridized carbons (Fsp3) is 0.350. The number of nitrogens with one attached hydrogen (secondary N) is 2. The van der Waals surface area contributed by atoms with Crippen LogP contribution in [0, 0.1) is 5.82 Å². The molecule has 3 heterocycles. The molecule has 29 heavy (non-hydrogen) atoms. The minimum Gasteiger partial charge on any atom is -0.350 e. The van der Waals surface area contributed by atoms with Crippen molar-refractivity contribution >= 4 is 34.3 Å². The molecule has 1 saturated carbocycles. The van der Waals surface area contributed by atoms with Crippen molar-refractivity contribution in [1.29, 1.82) is 0 Å². The van der Waals surface area contributed by atoms with Crippen LogP contribution >= 0.6 is 11.6 Å². The standard InChI is InChI=1S/C20H19ClFN5O2/c1-26(11-2-3-11)20(29)18-12-9-27(5-4-15(12)24-25-18)19(28)17-7-10-6-14(22)13(21)8-16(10)23-17/h6-8,11,23H,2-5,9H2,1H3,(H,24,25). The molecule has 150 valence electrons. The molecule has 7 nitrogen and oxygen atoms in total. The number of nitrogens with zero attached hydrogens (tertiary/aromatic N) is 3. The molecule has 2 amide bonds. The Morgan fingerprint density at radius 2 is 2.10 bits per heavy atom. The fourth-order valence-electron chi connectivity index (χ4n) is 3.86. The summed E-state index contributed by atoms with van der Waals surface area (Å²) in [6.45, 7) is 0.794. The van der Waals surface area contributed by atoms with Gasteiger partial charge in [0.15, 0.2) is 0 Å². The number of benzene rings is 1. The highest BCUT2D eigenvalue weighted by molar-refractivity contribution is 6.31. The highest BCUT2D eigenvalue weighted by atomic mass is 35.5. The van der Waals surface area contributed by atoms with E-state index in [-0.39, 0.29) is 16.8 Å². The lowest BCUT2D eigenvalue weighted by Crippen LogP contribution is -2.37. The zero-order chi connectivity index (χ0) is 20.3. The molecule has 0 radical (unpaired) electrons. The SMILES string of the molecule is CN(C(=O)c1[nH]nc2c1CN(C(=O)c1cc3cc(F)c(Cl)cc3[nH]1)CC2)C1CC1. The largest absolute Gasteiger partial charge is 0.350 e. The molecule has 5 rings (SSSR count). The minimum atomic E-state index is -0.527. The van der Waals surface area contributed by atoms with Gasteiger partial charge in [0, 0.05) is 42.5 Å². The molecule has 3 aromatic rings. The van der Waals surface area contributed by atoms with Gasteiger partial charge in [-0.25, -0.2) is 4.39 Å². The van der Waals surface area contributed by atoms with Gasteiger partial charge in [-0.05, 0) is 31.0 Å². The lowest BCUT2D eigenvalue weighted by Gasteiger charge is -2.27. The Labute approximate surface area is 170 Å². The van der Waals surface area contributed by atoms with Gasteiger partial charge in [-0.2, -0.15) is 5.10 Å². The van der Waals surface area contributed by atoms with E-state index in [0.29, 0.717) is 47.8 Å². The van der Waals surface area contributed by atoms with Crippen LogP contribution in [0.15, 0.2) is 18.2 Å². The molecular weight excluding hydrogens is 397 g/mol. The molecule has 1 fully saturated rings. The summed E-state index contributed by atoms with van der Waals surface area (Å²) in [5, 5.41) is 7.74. The maximum atomic E-state index is 13.7. The van der Waals surface area contributed by atoms with Gasteiger partial charge in [0.1, 0.15) is 17.2 Å². The predicted molar refractivity (Wildman–Crippen MR) is 105 cm³/mol. The minimum absolute atomic E-state index is 0.00213. The average Bonchev–Trinajstić information content (AvgIpc) is 3.36. The Kier molecular flexibility index (Phi) is 4.13. The number of aromatic amines is 2. The van der Waals surface area contributed by atoms with Crippen LogP contribution in [-0.2, 0) is 13.0 Å². The van der Waals surface area contributed by atoms with Crippen molar-refractivity contribution in [3.05, 3.63) is 51.7 Å². The van der Waals surface area contributed by atoms with Crippen LogP contribution in [-0.4, -0.2) is 56.4 Å². The number of H-pyrrole nitrogens is 2. The lowest BCUT2D eigenvalue weighted by molar-refractivity contribution is 0.0717. The predicted octanol–water partition coefficient (Wildman–Crippen LogP) is 3.12. The Morgan fingerprint density at radius 1 is 1.31 bits per heavy atom. The zero-order valence-corrected chi connectivity index (χ0v) is 16.5. The second-order valence-corrected chi connectivity index (χ2v) is 8.09. The van der Waals surface area contributed by atoms with Crippen LogP contribution < -0.4 is 0 Å². The number of halogens is 2. The Hall–Kier alpha value is -2.87. The van der Waals surface area contributed by atoms with Crippen LogP contribution in [0.4, 0.5) is 4.39 Å². The van der Waals surface area contributed by atoms with Crippen molar-refractivity contribution in [3.63, 3.8) is 0 Å². The summed E-state index contributed by atoms with van der Waals surface area (Å²) in [7, 11) is 1.80. The first kappa shape index (κ1) is 18.2. The van der Waals surface area contributed by atoms with Crippen LogP contribution in [0.5, 0.6) is 0 Å². The maximum absolute atomic E-state index is 13.7. The summed E-state index contributed by atoms with van der Waals surface area (Å²) in [6, 6.07) is 4.69. The Morgan fingerprint density at radius 3 is 2.86 bits per heavy atom. The quantitative estimate of drug-likeness (QED) is 0.689. The normalized spacial score (nSPS) is 16.2. The van der Waals surface area contributed by atoms with Crippen molar-refractivity contribution in [2.24, 2.45) is 0 Å². The number of carbonyl (C=O) groups excluding carboxylic acids is 2. The van der Waals surface area contributed by atoms with E-state index < -0.39 is 5.82 Å². The topological polar surface area (TPSA) is 85.1 Å². The van der Waals surface area contributed by atoms with Gasteiger partial charge >= 0.3 is 0 Å². The monoisotopic (exact) mass is 415 g/mol. The number of aromatic nitrogens is 3. The van der Waals surface area contributed by atoms with E-state index in [9.17, 15) is 14.0 Å². The lowest BCUT2D eigenvalue weighted by atomic mass is 10.0. The van der Waals surface area contributed by atoms with E-state index in [1.165, 1.54) is 12.1 Å². The van der Waals surface area contributed by atoms with Gasteiger partial charge in [0.25, 0.3) is 11.8 Å². The summed E-state index contributed by atoms with van der Waals surface area (Å²) in [5.74, 6) is -0.828. The average molecular weight is 416 g/mol. The van der Waals surface area contributed by atoms with E-state index in [2.05, 4.69) is 15.2 Å². The summed E-state index contributed by atoms with van der Waals surface area (Å²) in [4.78, 5) is 32.3. The summed E-state index contributed by atoms with van der Waals surface area (Å²) < 4.78 is 13.7. The van der Waals surface area contributed by atoms with E-state index in [1.54, 1.807) is 22.9 Å². The summed E-state index contributed by atoms with van der Waals surface area (Å²) in [6.07, 6.45) is 2.61. The molecule has 0 saturated heterocycles. The maximum Gasteiger partial charge on any atom is 0.272 e. The third-order valence-corrected chi connectivity index (χ3v) is 6.02. The van der Waals surface area contributed by atoms with E-state index >= 15 is 0 Å². The fourth-order valence-corrected chi connectivity index (χ4v) is 4.02. The number of hydrogen-bond donors (Lipinski definition) is 2. The first-order chi connectivity index (χ1) is 13.9. The van der Waals surface area contributed by atoms with Gasteiger partial charge in [0.2, 0.25) is 0 Å². The third kappa shape index (κ3) is 3.07. The first-order valence-corrected chi connectivity index (χ1v) is 9.90. The van der Waals surface area contributed by atoms with E-state index in [1.807, 2.05) is 0 Å². The van der Waals surface area contributed by atoms with Gasteiger partial charge in [-0.15, -0.1) is 0 Å². The van der Waals surface area contributed by atoms with Crippen LogP contribution in [0.25, 0.3) is 10.9 Å². The second kappa shape index (κ2) is 6.59. The molecule has 0 atom stereocenters. The van der Waals surface area contributed by atoms with Gasteiger partial charge < -0.3 is 14.8 Å². The zero-order valence-electron chi connectivity index (χ0n) is 15.8. The highest BCUT2D eigenvalue weighted by Gasteiger charge is 2.34.